The predicted molar refractivity (Wildman–Crippen MR) is 113 cm³/mol. The van der Waals surface area contributed by atoms with E-state index in [4.69, 9.17) is 9.47 Å². The molecule has 0 aliphatic carbocycles. The lowest BCUT2D eigenvalue weighted by Crippen LogP contribution is -2.43. The van der Waals surface area contributed by atoms with Gasteiger partial charge in [0.15, 0.2) is 11.5 Å². The summed E-state index contributed by atoms with van der Waals surface area (Å²) in [7, 11) is 3.15. The number of benzene rings is 1. The number of methoxy groups -OCH3 is 2. The van der Waals surface area contributed by atoms with Crippen molar-refractivity contribution in [3.63, 3.8) is 0 Å². The van der Waals surface area contributed by atoms with Gasteiger partial charge in [0.2, 0.25) is 11.8 Å². The highest BCUT2D eigenvalue weighted by molar-refractivity contribution is 7.10. The van der Waals surface area contributed by atoms with E-state index in [1.54, 1.807) is 42.6 Å². The maximum Gasteiger partial charge on any atom is 0.228 e. The molecule has 2 unspecified atom stereocenters. The summed E-state index contributed by atoms with van der Waals surface area (Å²) < 4.78 is 10.6. The van der Waals surface area contributed by atoms with Crippen LogP contribution in [0, 0.1) is 5.92 Å². The fourth-order valence-electron chi connectivity index (χ4n) is 4.45. The minimum atomic E-state index is -0.315. The Morgan fingerprint density at radius 1 is 1.21 bits per heavy atom. The zero-order valence-corrected chi connectivity index (χ0v) is 17.8. The highest BCUT2D eigenvalue weighted by Gasteiger charge is 2.40. The minimum Gasteiger partial charge on any atom is -0.493 e. The maximum atomic E-state index is 13.4. The van der Waals surface area contributed by atoms with E-state index in [2.05, 4.69) is 18.4 Å². The van der Waals surface area contributed by atoms with Crippen molar-refractivity contribution in [1.82, 2.24) is 4.90 Å². The summed E-state index contributed by atoms with van der Waals surface area (Å²) in [5, 5.41) is 2.11. The zero-order valence-electron chi connectivity index (χ0n) is 17.0. The molecule has 6 nitrogen and oxygen atoms in total. The van der Waals surface area contributed by atoms with Gasteiger partial charge in [0.05, 0.1) is 26.2 Å². The van der Waals surface area contributed by atoms with E-state index in [9.17, 15) is 9.59 Å². The number of rotatable bonds is 5. The van der Waals surface area contributed by atoms with Crippen molar-refractivity contribution in [2.45, 2.75) is 32.2 Å². The van der Waals surface area contributed by atoms with Crippen molar-refractivity contribution in [1.29, 1.82) is 0 Å². The Kier molecular flexibility index (Phi) is 5.50. The first-order valence-electron chi connectivity index (χ1n) is 9.96. The standard InChI is InChI=1S/C22H26N2O4S/c1-4-17-16-8-10-29-20(16)7-9-23(17)22(26)14-11-21(25)24(13-14)15-5-6-18(27-2)19(12-15)28-3/h5-6,8,10,12,14,17H,4,7,9,11,13H2,1-3H3. The molecule has 4 rings (SSSR count). The Bertz CT molecular complexity index is 925. The van der Waals surface area contributed by atoms with Crippen LogP contribution in [0.2, 0.25) is 0 Å². The third-order valence-electron chi connectivity index (χ3n) is 5.92. The van der Waals surface area contributed by atoms with E-state index < -0.39 is 0 Å². The second kappa shape index (κ2) is 8.06. The van der Waals surface area contributed by atoms with E-state index in [1.807, 2.05) is 11.0 Å². The summed E-state index contributed by atoms with van der Waals surface area (Å²) in [5.74, 6) is 0.924. The number of nitrogens with zero attached hydrogens (tertiary/aromatic N) is 2. The van der Waals surface area contributed by atoms with Crippen molar-refractivity contribution in [2.75, 3.05) is 32.2 Å². The van der Waals surface area contributed by atoms with E-state index in [0.29, 0.717) is 18.0 Å². The molecule has 0 spiro atoms. The summed E-state index contributed by atoms with van der Waals surface area (Å²) in [5.41, 5.74) is 2.01. The summed E-state index contributed by atoms with van der Waals surface area (Å²) in [4.78, 5) is 31.1. The Labute approximate surface area is 175 Å². The molecule has 0 saturated carbocycles. The van der Waals surface area contributed by atoms with Gasteiger partial charge in [0, 0.05) is 36.1 Å². The smallest absolute Gasteiger partial charge is 0.228 e. The van der Waals surface area contributed by atoms with Gasteiger partial charge in [0.25, 0.3) is 0 Å². The third-order valence-corrected chi connectivity index (χ3v) is 6.91. The van der Waals surface area contributed by atoms with Crippen LogP contribution in [0.15, 0.2) is 29.6 Å². The molecule has 1 aromatic heterocycles. The monoisotopic (exact) mass is 414 g/mol. The number of ether oxygens (including phenoxy) is 2. The van der Waals surface area contributed by atoms with Crippen LogP contribution in [0.1, 0.15) is 36.2 Å². The zero-order chi connectivity index (χ0) is 20.5. The highest BCUT2D eigenvalue weighted by Crippen LogP contribution is 2.38. The van der Waals surface area contributed by atoms with Gasteiger partial charge < -0.3 is 19.3 Å². The number of hydrogen-bond acceptors (Lipinski definition) is 5. The molecule has 2 amide bonds. The first-order chi connectivity index (χ1) is 14.1. The van der Waals surface area contributed by atoms with Gasteiger partial charge in [-0.2, -0.15) is 0 Å². The van der Waals surface area contributed by atoms with Crippen molar-refractivity contribution >= 4 is 28.8 Å². The number of hydrogen-bond donors (Lipinski definition) is 0. The molecule has 1 fully saturated rings. The van der Waals surface area contributed by atoms with Gasteiger partial charge in [0.1, 0.15) is 0 Å². The molecule has 3 heterocycles. The second-order valence-corrected chi connectivity index (χ2v) is 8.45. The van der Waals surface area contributed by atoms with Gasteiger partial charge in [-0.3, -0.25) is 9.59 Å². The van der Waals surface area contributed by atoms with Crippen LogP contribution in [-0.2, 0) is 16.0 Å². The molecule has 29 heavy (non-hydrogen) atoms. The predicted octanol–water partition coefficient (Wildman–Crippen LogP) is 3.65. The van der Waals surface area contributed by atoms with Crippen LogP contribution >= 0.6 is 11.3 Å². The maximum absolute atomic E-state index is 13.4. The van der Waals surface area contributed by atoms with Crippen molar-refractivity contribution in [3.8, 4) is 11.5 Å². The molecule has 2 atom stereocenters. The third kappa shape index (κ3) is 3.48. The number of fused-ring (bicyclic) bond motifs is 1. The lowest BCUT2D eigenvalue weighted by molar-refractivity contribution is -0.138. The van der Waals surface area contributed by atoms with Gasteiger partial charge in [-0.1, -0.05) is 6.92 Å². The average Bonchev–Trinajstić information content (AvgIpc) is 3.38. The molecule has 1 aromatic carbocycles. The number of anilines is 1. The fourth-order valence-corrected chi connectivity index (χ4v) is 5.38. The Hall–Kier alpha value is -2.54. The number of carbonyl (C=O) groups is 2. The lowest BCUT2D eigenvalue weighted by Gasteiger charge is -2.37. The van der Waals surface area contributed by atoms with Crippen LogP contribution in [0.3, 0.4) is 0 Å². The SMILES string of the molecule is CCC1c2ccsc2CCN1C(=O)C1CC(=O)N(c2ccc(OC)c(OC)c2)C1. The summed E-state index contributed by atoms with van der Waals surface area (Å²) in [6.45, 7) is 3.25. The Balaban J connectivity index is 1.53. The van der Waals surface area contributed by atoms with E-state index in [1.165, 1.54) is 10.4 Å². The summed E-state index contributed by atoms with van der Waals surface area (Å²) >= 11 is 1.77. The highest BCUT2D eigenvalue weighted by atomic mass is 32.1. The van der Waals surface area contributed by atoms with E-state index in [0.717, 1.165) is 25.1 Å². The van der Waals surface area contributed by atoms with Crippen LogP contribution in [0.4, 0.5) is 5.69 Å². The Morgan fingerprint density at radius 3 is 2.72 bits per heavy atom. The van der Waals surface area contributed by atoms with Gasteiger partial charge >= 0.3 is 0 Å². The normalized spacial score (nSPS) is 21.3. The molecule has 2 aliphatic rings. The molecule has 0 bridgehead atoms. The largest absolute Gasteiger partial charge is 0.493 e. The average molecular weight is 415 g/mol. The first kappa shape index (κ1) is 19.8. The number of thiophene rings is 1. The van der Waals surface area contributed by atoms with Crippen molar-refractivity contribution in [2.24, 2.45) is 5.92 Å². The lowest BCUT2D eigenvalue weighted by atomic mass is 9.95. The molecule has 7 heteroatoms. The molecule has 1 saturated heterocycles. The van der Waals surface area contributed by atoms with Gasteiger partial charge in [-0.25, -0.2) is 0 Å². The number of carbonyl (C=O) groups excluding carboxylic acids is 2. The molecular formula is C22H26N2O4S. The van der Waals surface area contributed by atoms with Crippen molar-refractivity contribution in [3.05, 3.63) is 40.1 Å². The van der Waals surface area contributed by atoms with Crippen LogP contribution in [0.25, 0.3) is 0 Å². The summed E-state index contributed by atoms with van der Waals surface area (Å²) in [6.07, 6.45) is 2.03. The quantitative estimate of drug-likeness (QED) is 0.749. The molecule has 0 radical (unpaired) electrons. The molecule has 2 aliphatic heterocycles. The minimum absolute atomic E-state index is 0.0307. The Morgan fingerprint density at radius 2 is 2.00 bits per heavy atom. The van der Waals surface area contributed by atoms with E-state index in [-0.39, 0.29) is 30.2 Å². The van der Waals surface area contributed by atoms with Crippen molar-refractivity contribution < 1.29 is 19.1 Å². The fraction of sp³-hybridized carbons (Fsp3) is 0.455. The first-order valence-corrected chi connectivity index (χ1v) is 10.8. The number of amides is 2. The second-order valence-electron chi connectivity index (χ2n) is 7.45. The summed E-state index contributed by atoms with van der Waals surface area (Å²) in [6, 6.07) is 7.66. The topological polar surface area (TPSA) is 59.1 Å². The van der Waals surface area contributed by atoms with Crippen LogP contribution < -0.4 is 14.4 Å². The molecular weight excluding hydrogens is 388 g/mol. The van der Waals surface area contributed by atoms with E-state index >= 15 is 0 Å². The van der Waals surface area contributed by atoms with Crippen LogP contribution in [0.5, 0.6) is 11.5 Å². The van der Waals surface area contributed by atoms with Gasteiger partial charge in [-0.05, 0) is 42.0 Å². The molecule has 2 aromatic rings. The molecule has 0 N–H and O–H groups in total. The van der Waals surface area contributed by atoms with Crippen LogP contribution in [-0.4, -0.2) is 44.0 Å². The molecule has 154 valence electrons. The van der Waals surface area contributed by atoms with Gasteiger partial charge in [-0.15, -0.1) is 11.3 Å².